The fraction of sp³-hybridized carbons (Fsp3) is 0.562. The van der Waals surface area contributed by atoms with Crippen molar-refractivity contribution in [2.75, 3.05) is 0 Å². The molecule has 3 rings (SSSR count). The Balaban J connectivity index is 1.96. The number of aliphatic carboxylic acids is 1. The van der Waals surface area contributed by atoms with Crippen LogP contribution in [0.15, 0.2) is 30.3 Å². The molecule has 1 saturated heterocycles. The fourth-order valence-corrected chi connectivity index (χ4v) is 3.27. The average molecular weight is 276 g/mol. The van der Waals surface area contributed by atoms with Gasteiger partial charge in [-0.25, -0.2) is 4.79 Å². The second kappa shape index (κ2) is 4.86. The van der Waals surface area contributed by atoms with Crippen LogP contribution in [0.3, 0.4) is 0 Å². The van der Waals surface area contributed by atoms with Gasteiger partial charge in [0.2, 0.25) is 0 Å². The SMILES string of the molecule is C[C@@]1(C(=O)O)OC2(CCCCC2)O[C@H]1c1ccccc1. The van der Waals surface area contributed by atoms with Gasteiger partial charge >= 0.3 is 5.97 Å². The summed E-state index contributed by atoms with van der Waals surface area (Å²) in [5.41, 5.74) is -0.460. The Morgan fingerprint density at radius 3 is 2.45 bits per heavy atom. The Morgan fingerprint density at radius 1 is 1.20 bits per heavy atom. The summed E-state index contributed by atoms with van der Waals surface area (Å²) in [6, 6.07) is 9.50. The van der Waals surface area contributed by atoms with Crippen LogP contribution in [0.25, 0.3) is 0 Å². The van der Waals surface area contributed by atoms with Crippen LogP contribution in [0.4, 0.5) is 0 Å². The number of ether oxygens (including phenoxy) is 2. The van der Waals surface area contributed by atoms with Crippen LogP contribution >= 0.6 is 0 Å². The van der Waals surface area contributed by atoms with Gasteiger partial charge < -0.3 is 14.6 Å². The second-order valence-corrected chi connectivity index (χ2v) is 5.89. The maximum atomic E-state index is 11.7. The second-order valence-electron chi connectivity index (χ2n) is 5.89. The molecule has 0 aromatic heterocycles. The largest absolute Gasteiger partial charge is 0.479 e. The lowest BCUT2D eigenvalue weighted by atomic mass is 9.93. The van der Waals surface area contributed by atoms with Gasteiger partial charge in [0.05, 0.1) is 0 Å². The number of carboxylic acids is 1. The van der Waals surface area contributed by atoms with Gasteiger partial charge in [-0.1, -0.05) is 36.8 Å². The van der Waals surface area contributed by atoms with Gasteiger partial charge in [-0.2, -0.15) is 0 Å². The maximum absolute atomic E-state index is 11.7. The quantitative estimate of drug-likeness (QED) is 0.900. The first kappa shape index (κ1) is 13.6. The monoisotopic (exact) mass is 276 g/mol. The molecule has 4 heteroatoms. The van der Waals surface area contributed by atoms with E-state index >= 15 is 0 Å². The van der Waals surface area contributed by atoms with Crippen LogP contribution in [0, 0.1) is 0 Å². The van der Waals surface area contributed by atoms with Crippen molar-refractivity contribution < 1.29 is 19.4 Å². The van der Waals surface area contributed by atoms with Gasteiger partial charge in [-0.3, -0.25) is 0 Å². The predicted molar refractivity (Wildman–Crippen MR) is 73.2 cm³/mol. The highest BCUT2D eigenvalue weighted by molar-refractivity contribution is 5.78. The number of carboxylic acid groups (broad SMARTS) is 1. The molecule has 0 bridgehead atoms. The Bertz CT molecular complexity index is 492. The minimum absolute atomic E-state index is 0.556. The molecule has 1 aromatic rings. The third-order valence-electron chi connectivity index (χ3n) is 4.37. The first-order valence-corrected chi connectivity index (χ1v) is 7.22. The molecular weight excluding hydrogens is 256 g/mol. The van der Waals surface area contributed by atoms with Gasteiger partial charge in [0.1, 0.15) is 6.10 Å². The molecule has 20 heavy (non-hydrogen) atoms. The number of benzene rings is 1. The molecular formula is C16H20O4. The number of carbonyl (C=O) groups is 1. The van der Waals surface area contributed by atoms with Crippen molar-refractivity contribution in [1.82, 2.24) is 0 Å². The topological polar surface area (TPSA) is 55.8 Å². The van der Waals surface area contributed by atoms with E-state index in [1.54, 1.807) is 6.92 Å². The van der Waals surface area contributed by atoms with Gasteiger partial charge in [0.25, 0.3) is 0 Å². The number of hydrogen-bond acceptors (Lipinski definition) is 3. The molecule has 0 radical (unpaired) electrons. The van der Waals surface area contributed by atoms with Crippen LogP contribution in [0.5, 0.6) is 0 Å². The Hall–Kier alpha value is -1.39. The summed E-state index contributed by atoms with van der Waals surface area (Å²) in [5.74, 6) is -1.68. The van der Waals surface area contributed by atoms with E-state index in [1.165, 1.54) is 0 Å². The first-order chi connectivity index (χ1) is 9.56. The van der Waals surface area contributed by atoms with Crippen LogP contribution in [-0.2, 0) is 14.3 Å². The molecule has 0 unspecified atom stereocenters. The van der Waals surface area contributed by atoms with Crippen LogP contribution < -0.4 is 0 Å². The van der Waals surface area contributed by atoms with E-state index in [-0.39, 0.29) is 0 Å². The maximum Gasteiger partial charge on any atom is 0.338 e. The standard InChI is InChI=1S/C16H20O4/c1-15(14(17)18)13(12-8-4-2-5-9-12)19-16(20-15)10-6-3-7-11-16/h2,4-5,8-9,13H,3,6-7,10-11H2,1H3,(H,17,18)/t13-,15+/m0/s1. The zero-order chi connectivity index (χ0) is 14.2. The van der Waals surface area contributed by atoms with Crippen molar-refractivity contribution in [3.8, 4) is 0 Å². The molecule has 1 N–H and O–H groups in total. The van der Waals surface area contributed by atoms with Crippen molar-refractivity contribution in [2.45, 2.75) is 56.5 Å². The van der Waals surface area contributed by atoms with E-state index in [0.717, 1.165) is 37.7 Å². The van der Waals surface area contributed by atoms with E-state index in [4.69, 9.17) is 9.47 Å². The third-order valence-corrected chi connectivity index (χ3v) is 4.37. The van der Waals surface area contributed by atoms with Crippen LogP contribution in [-0.4, -0.2) is 22.5 Å². The first-order valence-electron chi connectivity index (χ1n) is 7.22. The molecule has 2 atom stereocenters. The lowest BCUT2D eigenvalue weighted by molar-refractivity contribution is -0.211. The van der Waals surface area contributed by atoms with E-state index in [2.05, 4.69) is 0 Å². The van der Waals surface area contributed by atoms with Crippen LogP contribution in [0.2, 0.25) is 0 Å². The van der Waals surface area contributed by atoms with Gasteiger partial charge in [-0.15, -0.1) is 0 Å². The molecule has 1 aromatic carbocycles. The summed E-state index contributed by atoms with van der Waals surface area (Å²) < 4.78 is 12.1. The van der Waals surface area contributed by atoms with E-state index in [1.807, 2.05) is 30.3 Å². The average Bonchev–Trinajstić information content (AvgIpc) is 2.75. The highest BCUT2D eigenvalue weighted by Gasteiger charge is 2.59. The smallest absolute Gasteiger partial charge is 0.338 e. The van der Waals surface area contributed by atoms with Gasteiger partial charge in [0.15, 0.2) is 11.4 Å². The zero-order valence-electron chi connectivity index (χ0n) is 11.7. The molecule has 1 spiro atoms. The Labute approximate surface area is 118 Å². The van der Waals surface area contributed by atoms with E-state index < -0.39 is 23.5 Å². The predicted octanol–water partition coefficient (Wildman–Crippen LogP) is 3.28. The molecule has 4 nitrogen and oxygen atoms in total. The molecule has 108 valence electrons. The normalized spacial score (nSPS) is 32.4. The lowest BCUT2D eigenvalue weighted by Gasteiger charge is -2.32. The van der Waals surface area contributed by atoms with Crippen LogP contribution in [0.1, 0.15) is 50.7 Å². The summed E-state index contributed by atoms with van der Waals surface area (Å²) in [6.07, 6.45) is 4.21. The van der Waals surface area contributed by atoms with Gasteiger partial charge in [0, 0.05) is 12.8 Å². The lowest BCUT2D eigenvalue weighted by Crippen LogP contribution is -2.42. The molecule has 1 aliphatic carbocycles. The van der Waals surface area contributed by atoms with Crippen molar-refractivity contribution in [3.63, 3.8) is 0 Å². The molecule has 1 aliphatic heterocycles. The Morgan fingerprint density at radius 2 is 1.85 bits per heavy atom. The summed E-state index contributed by atoms with van der Waals surface area (Å²) in [6.45, 7) is 1.62. The third kappa shape index (κ3) is 2.13. The highest BCUT2D eigenvalue weighted by atomic mass is 16.8. The summed E-state index contributed by atoms with van der Waals surface area (Å²) in [4.78, 5) is 11.7. The van der Waals surface area contributed by atoms with E-state index in [0.29, 0.717) is 0 Å². The van der Waals surface area contributed by atoms with E-state index in [9.17, 15) is 9.90 Å². The summed E-state index contributed by atoms with van der Waals surface area (Å²) >= 11 is 0. The van der Waals surface area contributed by atoms with Crippen molar-refractivity contribution in [1.29, 1.82) is 0 Å². The number of rotatable bonds is 2. The summed E-state index contributed by atoms with van der Waals surface area (Å²) in [7, 11) is 0. The molecule has 2 aliphatic rings. The van der Waals surface area contributed by atoms with Crippen molar-refractivity contribution in [2.24, 2.45) is 0 Å². The molecule has 1 saturated carbocycles. The molecule has 0 amide bonds. The van der Waals surface area contributed by atoms with Crippen molar-refractivity contribution >= 4 is 5.97 Å². The van der Waals surface area contributed by atoms with Crippen molar-refractivity contribution in [3.05, 3.63) is 35.9 Å². The fourth-order valence-electron chi connectivity index (χ4n) is 3.27. The summed E-state index contributed by atoms with van der Waals surface area (Å²) in [5, 5.41) is 9.61. The minimum Gasteiger partial charge on any atom is -0.479 e. The minimum atomic E-state index is -1.32. The molecule has 1 heterocycles. The molecule has 2 fully saturated rings. The number of hydrogen-bond donors (Lipinski definition) is 1. The van der Waals surface area contributed by atoms with Gasteiger partial charge in [-0.05, 0) is 25.3 Å². The highest BCUT2D eigenvalue weighted by Crippen LogP contribution is 2.51. The Kier molecular flexibility index (Phi) is 3.30. The zero-order valence-corrected chi connectivity index (χ0v) is 11.7.